The summed E-state index contributed by atoms with van der Waals surface area (Å²) in [6, 6.07) is 0. The van der Waals surface area contributed by atoms with Crippen LogP contribution >= 0.6 is 23.2 Å². The van der Waals surface area contributed by atoms with Crippen molar-refractivity contribution in [3.8, 4) is 0 Å². The Morgan fingerprint density at radius 1 is 1.63 bits per heavy atom. The summed E-state index contributed by atoms with van der Waals surface area (Å²) in [7, 11) is 0. The molecule has 0 aromatic carbocycles. The Balaban J connectivity index is 2.26. The molecule has 2 heterocycles. The number of aromatic nitrogens is 1. The molecule has 19 heavy (non-hydrogen) atoms. The maximum absolute atomic E-state index is 12.0. The Morgan fingerprint density at radius 3 is 3.05 bits per heavy atom. The maximum atomic E-state index is 12.0. The smallest absolute Gasteiger partial charge is 0.228 e. The highest BCUT2D eigenvalue weighted by atomic mass is 35.5. The molecule has 0 saturated carbocycles. The van der Waals surface area contributed by atoms with Gasteiger partial charge in [-0.05, 0) is 23.9 Å². The van der Waals surface area contributed by atoms with E-state index in [0.717, 1.165) is 0 Å². The fourth-order valence-electron chi connectivity index (χ4n) is 1.99. The fourth-order valence-corrected chi connectivity index (χ4v) is 2.44. The van der Waals surface area contributed by atoms with Crippen LogP contribution in [0.5, 0.6) is 0 Å². The largest absolute Gasteiger partial charge is 0.295 e. The van der Waals surface area contributed by atoms with Gasteiger partial charge in [-0.2, -0.15) is 0 Å². The van der Waals surface area contributed by atoms with E-state index in [2.05, 4.69) is 15.0 Å². The molecule has 1 aromatic rings. The van der Waals surface area contributed by atoms with Crippen LogP contribution in [0.2, 0.25) is 10.0 Å². The molecule has 1 atom stereocenters. The molecular formula is C11H11Cl2N5O. The molecule has 1 unspecified atom stereocenters. The lowest BCUT2D eigenvalue weighted by molar-refractivity contribution is -0.117. The predicted octanol–water partition coefficient (Wildman–Crippen LogP) is 3.36. The van der Waals surface area contributed by atoms with E-state index >= 15 is 0 Å². The lowest BCUT2D eigenvalue weighted by Gasteiger charge is -2.18. The highest BCUT2D eigenvalue weighted by Crippen LogP contribution is 2.34. The van der Waals surface area contributed by atoms with Crippen LogP contribution in [0.4, 0.5) is 5.82 Å². The summed E-state index contributed by atoms with van der Waals surface area (Å²) in [5.74, 6) is 0.337. The molecule has 0 N–H and O–H groups in total. The van der Waals surface area contributed by atoms with E-state index in [4.69, 9.17) is 28.7 Å². The minimum absolute atomic E-state index is 0.00255. The van der Waals surface area contributed by atoms with Gasteiger partial charge in [-0.3, -0.25) is 9.69 Å². The Bertz CT molecular complexity index is 570. The van der Waals surface area contributed by atoms with Crippen molar-refractivity contribution in [2.24, 2.45) is 11.0 Å². The molecule has 1 aromatic heterocycles. The molecule has 0 spiro atoms. The molecule has 6 nitrogen and oxygen atoms in total. The zero-order valence-electron chi connectivity index (χ0n) is 10.2. The van der Waals surface area contributed by atoms with Crippen LogP contribution in [0.15, 0.2) is 11.3 Å². The van der Waals surface area contributed by atoms with Crippen molar-refractivity contribution < 1.29 is 4.79 Å². The minimum Gasteiger partial charge on any atom is -0.295 e. The summed E-state index contributed by atoms with van der Waals surface area (Å²) in [6.45, 7) is 2.52. The van der Waals surface area contributed by atoms with E-state index < -0.39 is 0 Å². The molecule has 1 fully saturated rings. The molecule has 0 aliphatic carbocycles. The van der Waals surface area contributed by atoms with Crippen LogP contribution in [0, 0.1) is 12.8 Å². The topological polar surface area (TPSA) is 82.0 Å². The Labute approximate surface area is 119 Å². The number of rotatable bonds is 3. The third kappa shape index (κ3) is 2.76. The molecule has 1 amide bonds. The first-order valence-electron chi connectivity index (χ1n) is 5.66. The number of anilines is 1. The highest BCUT2D eigenvalue weighted by molar-refractivity contribution is 6.37. The summed E-state index contributed by atoms with van der Waals surface area (Å²) in [5, 5.41) is 4.34. The Hall–Kier alpha value is -1.49. The van der Waals surface area contributed by atoms with Crippen molar-refractivity contribution >= 4 is 34.9 Å². The third-order valence-electron chi connectivity index (χ3n) is 3.05. The van der Waals surface area contributed by atoms with Crippen molar-refractivity contribution in [2.75, 3.05) is 18.0 Å². The van der Waals surface area contributed by atoms with Gasteiger partial charge >= 0.3 is 0 Å². The van der Waals surface area contributed by atoms with Crippen LogP contribution in [-0.2, 0) is 4.79 Å². The summed E-state index contributed by atoms with van der Waals surface area (Å²) in [5.41, 5.74) is 8.99. The number of azide groups is 1. The van der Waals surface area contributed by atoms with Crippen molar-refractivity contribution in [1.29, 1.82) is 0 Å². The van der Waals surface area contributed by atoms with Gasteiger partial charge in [0.2, 0.25) is 5.91 Å². The SMILES string of the molecule is Cc1c(Cl)cnc(N2CC(CN=[N+]=[N-])CC2=O)c1Cl. The van der Waals surface area contributed by atoms with E-state index in [-0.39, 0.29) is 11.8 Å². The first kappa shape index (κ1) is 13.9. The van der Waals surface area contributed by atoms with Crippen molar-refractivity contribution in [1.82, 2.24) is 4.98 Å². The number of pyridine rings is 1. The van der Waals surface area contributed by atoms with Gasteiger partial charge in [0.15, 0.2) is 5.82 Å². The fraction of sp³-hybridized carbons (Fsp3) is 0.455. The lowest BCUT2D eigenvalue weighted by atomic mass is 10.1. The highest BCUT2D eigenvalue weighted by Gasteiger charge is 2.32. The van der Waals surface area contributed by atoms with Crippen LogP contribution in [0.25, 0.3) is 10.4 Å². The molecule has 0 bridgehead atoms. The maximum Gasteiger partial charge on any atom is 0.228 e. The lowest BCUT2D eigenvalue weighted by Crippen LogP contribution is -2.26. The molecule has 0 radical (unpaired) electrons. The van der Waals surface area contributed by atoms with Gasteiger partial charge in [0.25, 0.3) is 0 Å². The molecular weight excluding hydrogens is 289 g/mol. The van der Waals surface area contributed by atoms with E-state index in [0.29, 0.717) is 40.9 Å². The summed E-state index contributed by atoms with van der Waals surface area (Å²) < 4.78 is 0. The van der Waals surface area contributed by atoms with E-state index in [1.54, 1.807) is 6.92 Å². The van der Waals surface area contributed by atoms with Crippen LogP contribution in [0.1, 0.15) is 12.0 Å². The molecule has 8 heteroatoms. The average Bonchev–Trinajstić information content (AvgIpc) is 2.75. The standard InChI is InChI=1S/C11H11Cl2N5O/c1-6-8(12)4-15-11(10(6)13)18-5-7(2-9(18)19)3-16-17-14/h4,7H,2-3,5H2,1H3. The number of hydrogen-bond donors (Lipinski definition) is 0. The van der Waals surface area contributed by atoms with Gasteiger partial charge in [-0.15, -0.1) is 0 Å². The number of carbonyl (C=O) groups is 1. The van der Waals surface area contributed by atoms with E-state index in [9.17, 15) is 4.79 Å². The molecule has 1 saturated heterocycles. The number of halogens is 2. The zero-order valence-corrected chi connectivity index (χ0v) is 11.7. The van der Waals surface area contributed by atoms with Gasteiger partial charge in [0.1, 0.15) is 0 Å². The summed E-state index contributed by atoms with van der Waals surface area (Å²) in [6.07, 6.45) is 1.81. The van der Waals surface area contributed by atoms with Crippen molar-refractivity contribution in [3.63, 3.8) is 0 Å². The first-order chi connectivity index (χ1) is 9.04. The van der Waals surface area contributed by atoms with Gasteiger partial charge in [-0.1, -0.05) is 28.3 Å². The molecule has 100 valence electrons. The van der Waals surface area contributed by atoms with Crippen molar-refractivity contribution in [3.05, 3.63) is 32.2 Å². The number of nitrogens with zero attached hydrogens (tertiary/aromatic N) is 5. The number of hydrogen-bond acceptors (Lipinski definition) is 3. The van der Waals surface area contributed by atoms with Gasteiger partial charge in [0.05, 0.1) is 10.0 Å². The first-order valence-corrected chi connectivity index (χ1v) is 6.42. The average molecular weight is 300 g/mol. The minimum atomic E-state index is -0.0748. The van der Waals surface area contributed by atoms with E-state index in [1.165, 1.54) is 11.1 Å². The van der Waals surface area contributed by atoms with Crippen LogP contribution in [0.3, 0.4) is 0 Å². The Morgan fingerprint density at radius 2 is 2.37 bits per heavy atom. The van der Waals surface area contributed by atoms with Gasteiger partial charge < -0.3 is 0 Å². The number of carbonyl (C=O) groups excluding carboxylic acids is 1. The normalized spacial score (nSPS) is 18.6. The van der Waals surface area contributed by atoms with Crippen LogP contribution < -0.4 is 4.90 Å². The monoisotopic (exact) mass is 299 g/mol. The summed E-state index contributed by atoms with van der Waals surface area (Å²) in [4.78, 5) is 20.3. The quantitative estimate of drug-likeness (QED) is 0.487. The second-order valence-corrected chi connectivity index (χ2v) is 5.14. The van der Waals surface area contributed by atoms with Gasteiger partial charge in [0, 0.05) is 30.6 Å². The second-order valence-electron chi connectivity index (χ2n) is 4.36. The third-order valence-corrected chi connectivity index (χ3v) is 3.88. The predicted molar refractivity (Wildman–Crippen MR) is 73.5 cm³/mol. The van der Waals surface area contributed by atoms with E-state index in [1.807, 2.05) is 0 Å². The zero-order chi connectivity index (χ0) is 14.0. The molecule has 2 rings (SSSR count). The molecule has 1 aliphatic heterocycles. The second kappa shape index (κ2) is 5.65. The van der Waals surface area contributed by atoms with Crippen molar-refractivity contribution in [2.45, 2.75) is 13.3 Å². The molecule has 1 aliphatic rings. The van der Waals surface area contributed by atoms with Crippen LogP contribution in [-0.4, -0.2) is 24.0 Å². The Kier molecular flexibility index (Phi) is 4.14. The summed E-state index contributed by atoms with van der Waals surface area (Å²) >= 11 is 12.1. The van der Waals surface area contributed by atoms with Gasteiger partial charge in [-0.25, -0.2) is 4.98 Å². The number of amides is 1.